The van der Waals surface area contributed by atoms with Crippen LogP contribution in [0, 0.1) is 13.8 Å². The zero-order chi connectivity index (χ0) is 17.8. The van der Waals surface area contributed by atoms with Gasteiger partial charge in [-0.25, -0.2) is 4.68 Å². The van der Waals surface area contributed by atoms with Crippen molar-refractivity contribution in [1.29, 1.82) is 0 Å². The Balaban J connectivity index is 2.00. The zero-order valence-corrected chi connectivity index (χ0v) is 14.9. The Morgan fingerprint density at radius 2 is 1.92 bits per heavy atom. The number of morpholine rings is 1. The lowest BCUT2D eigenvalue weighted by atomic mass is 9.89. The van der Waals surface area contributed by atoms with E-state index in [1.807, 2.05) is 56.3 Å². The van der Waals surface area contributed by atoms with E-state index in [1.165, 1.54) is 4.68 Å². The zero-order valence-electron chi connectivity index (χ0n) is 14.9. The lowest BCUT2D eigenvalue weighted by Gasteiger charge is -2.37. The number of benzene rings is 1. The average Bonchev–Trinajstić information content (AvgIpc) is 2.98. The van der Waals surface area contributed by atoms with Crippen LogP contribution in [-0.4, -0.2) is 52.9 Å². The average molecular weight is 339 g/mol. The van der Waals surface area contributed by atoms with Crippen LogP contribution in [-0.2, 0) is 4.74 Å². The second-order valence-corrected chi connectivity index (χ2v) is 6.44. The standard InChI is InChI=1S/C20H25N3O2/c1-4-18(17-8-6-5-7-9-17)19(22-10-12-25-13-11-22)20(24)23-16(3)14-15(2)21-23/h4-9,14,18-19H,1,10-13H2,2-3H3/t18-,19+/m0/s1. The molecule has 132 valence electrons. The fourth-order valence-electron chi connectivity index (χ4n) is 3.49. The minimum absolute atomic E-state index is 0.0127. The third kappa shape index (κ3) is 3.72. The summed E-state index contributed by atoms with van der Waals surface area (Å²) in [6, 6.07) is 11.7. The van der Waals surface area contributed by atoms with Gasteiger partial charge in [0.15, 0.2) is 0 Å². The van der Waals surface area contributed by atoms with Gasteiger partial charge in [0, 0.05) is 24.7 Å². The Hall–Kier alpha value is -2.24. The summed E-state index contributed by atoms with van der Waals surface area (Å²) in [7, 11) is 0. The molecule has 1 fully saturated rings. The first-order valence-corrected chi connectivity index (χ1v) is 8.68. The summed E-state index contributed by atoms with van der Waals surface area (Å²) in [4.78, 5) is 15.6. The van der Waals surface area contributed by atoms with Crippen molar-refractivity contribution in [2.24, 2.45) is 0 Å². The molecule has 2 aromatic rings. The van der Waals surface area contributed by atoms with Crippen LogP contribution < -0.4 is 0 Å². The second kappa shape index (κ2) is 7.76. The number of carbonyl (C=O) groups excluding carboxylic acids is 1. The minimum atomic E-state index is -0.346. The number of ether oxygens (including phenoxy) is 1. The molecule has 5 heteroatoms. The van der Waals surface area contributed by atoms with Crippen LogP contribution in [0.3, 0.4) is 0 Å². The van der Waals surface area contributed by atoms with E-state index in [9.17, 15) is 4.79 Å². The van der Waals surface area contributed by atoms with Crippen molar-refractivity contribution in [3.63, 3.8) is 0 Å². The minimum Gasteiger partial charge on any atom is -0.379 e. The Labute approximate surface area is 148 Å². The lowest BCUT2D eigenvalue weighted by molar-refractivity contribution is 0.0116. The van der Waals surface area contributed by atoms with E-state index in [0.717, 1.165) is 30.0 Å². The quantitative estimate of drug-likeness (QED) is 0.786. The molecule has 1 aromatic heterocycles. The maximum absolute atomic E-state index is 13.4. The summed E-state index contributed by atoms with van der Waals surface area (Å²) >= 11 is 0. The molecule has 1 aromatic carbocycles. The number of aromatic nitrogens is 2. The molecule has 0 unspecified atom stereocenters. The van der Waals surface area contributed by atoms with Crippen molar-refractivity contribution >= 4 is 5.91 Å². The number of nitrogens with zero attached hydrogens (tertiary/aromatic N) is 3. The van der Waals surface area contributed by atoms with Crippen molar-refractivity contribution in [3.05, 3.63) is 66.0 Å². The van der Waals surface area contributed by atoms with Gasteiger partial charge in [0.05, 0.1) is 18.9 Å². The molecular weight excluding hydrogens is 314 g/mol. The van der Waals surface area contributed by atoms with Gasteiger partial charge in [-0.15, -0.1) is 6.58 Å². The summed E-state index contributed by atoms with van der Waals surface area (Å²) < 4.78 is 7.02. The summed E-state index contributed by atoms with van der Waals surface area (Å²) in [5.41, 5.74) is 2.79. The van der Waals surface area contributed by atoms with Gasteiger partial charge in [-0.2, -0.15) is 5.10 Å². The monoisotopic (exact) mass is 339 g/mol. The van der Waals surface area contributed by atoms with Crippen molar-refractivity contribution in [2.45, 2.75) is 25.8 Å². The highest BCUT2D eigenvalue weighted by Gasteiger charge is 2.35. The fourth-order valence-corrected chi connectivity index (χ4v) is 3.49. The van der Waals surface area contributed by atoms with Gasteiger partial charge in [0.2, 0.25) is 0 Å². The van der Waals surface area contributed by atoms with E-state index in [1.54, 1.807) is 0 Å². The summed E-state index contributed by atoms with van der Waals surface area (Å²) in [5.74, 6) is -0.114. The number of carbonyl (C=O) groups is 1. The maximum Gasteiger partial charge on any atom is 0.265 e. The normalized spacial score (nSPS) is 17.8. The van der Waals surface area contributed by atoms with Gasteiger partial charge >= 0.3 is 0 Å². The van der Waals surface area contributed by atoms with Crippen LogP contribution in [0.2, 0.25) is 0 Å². The first-order valence-electron chi connectivity index (χ1n) is 8.68. The van der Waals surface area contributed by atoms with E-state index in [-0.39, 0.29) is 17.9 Å². The first-order chi connectivity index (χ1) is 12.1. The van der Waals surface area contributed by atoms with Crippen LogP contribution in [0.4, 0.5) is 0 Å². The second-order valence-electron chi connectivity index (χ2n) is 6.44. The highest BCUT2D eigenvalue weighted by atomic mass is 16.5. The molecule has 0 bridgehead atoms. The molecule has 2 heterocycles. The molecule has 0 saturated carbocycles. The molecule has 0 N–H and O–H groups in total. The van der Waals surface area contributed by atoms with Crippen LogP contribution in [0.15, 0.2) is 49.1 Å². The Morgan fingerprint density at radius 3 is 2.48 bits per heavy atom. The van der Waals surface area contributed by atoms with E-state index in [4.69, 9.17) is 4.74 Å². The molecule has 1 aliphatic rings. The Bertz CT molecular complexity index is 733. The number of hydrogen-bond donors (Lipinski definition) is 0. The highest BCUT2D eigenvalue weighted by Crippen LogP contribution is 2.27. The van der Waals surface area contributed by atoms with Crippen LogP contribution in [0.1, 0.15) is 27.7 Å². The van der Waals surface area contributed by atoms with Crippen LogP contribution in [0.5, 0.6) is 0 Å². The molecule has 1 aliphatic heterocycles. The van der Waals surface area contributed by atoms with Crippen molar-refractivity contribution in [3.8, 4) is 0 Å². The van der Waals surface area contributed by atoms with Crippen LogP contribution >= 0.6 is 0 Å². The number of rotatable bonds is 5. The van der Waals surface area contributed by atoms with Crippen LogP contribution in [0.25, 0.3) is 0 Å². The molecule has 25 heavy (non-hydrogen) atoms. The molecule has 0 amide bonds. The topological polar surface area (TPSA) is 47.4 Å². The molecular formula is C20H25N3O2. The SMILES string of the molecule is C=C[C@@H](c1ccccc1)[C@H](C(=O)n1nc(C)cc1C)N1CCOCC1. The Kier molecular flexibility index (Phi) is 5.46. The predicted octanol–water partition coefficient (Wildman–Crippen LogP) is 2.81. The summed E-state index contributed by atoms with van der Waals surface area (Å²) in [6.45, 7) is 10.6. The molecule has 1 saturated heterocycles. The fraction of sp³-hybridized carbons (Fsp3) is 0.400. The van der Waals surface area contributed by atoms with E-state index in [0.29, 0.717) is 13.2 Å². The van der Waals surface area contributed by atoms with E-state index < -0.39 is 0 Å². The first kappa shape index (κ1) is 17.6. The predicted molar refractivity (Wildman–Crippen MR) is 97.9 cm³/mol. The van der Waals surface area contributed by atoms with Gasteiger partial charge in [-0.3, -0.25) is 9.69 Å². The summed E-state index contributed by atoms with van der Waals surface area (Å²) in [6.07, 6.45) is 1.87. The Morgan fingerprint density at radius 1 is 1.24 bits per heavy atom. The highest BCUT2D eigenvalue weighted by molar-refractivity contribution is 5.85. The number of aryl methyl sites for hydroxylation is 2. The van der Waals surface area contributed by atoms with E-state index >= 15 is 0 Å². The van der Waals surface area contributed by atoms with Gasteiger partial charge in [0.1, 0.15) is 6.04 Å². The van der Waals surface area contributed by atoms with E-state index in [2.05, 4.69) is 16.6 Å². The van der Waals surface area contributed by atoms with Crippen molar-refractivity contribution in [1.82, 2.24) is 14.7 Å². The molecule has 0 radical (unpaired) electrons. The molecule has 5 nitrogen and oxygen atoms in total. The molecule has 2 atom stereocenters. The van der Waals surface area contributed by atoms with Gasteiger partial charge < -0.3 is 4.74 Å². The largest absolute Gasteiger partial charge is 0.379 e. The summed E-state index contributed by atoms with van der Waals surface area (Å²) in [5, 5.41) is 4.41. The van der Waals surface area contributed by atoms with Gasteiger partial charge in [-0.05, 0) is 25.5 Å². The van der Waals surface area contributed by atoms with Crippen molar-refractivity contribution in [2.75, 3.05) is 26.3 Å². The third-order valence-electron chi connectivity index (χ3n) is 4.69. The number of hydrogen-bond acceptors (Lipinski definition) is 4. The smallest absolute Gasteiger partial charge is 0.265 e. The molecule has 0 aliphatic carbocycles. The third-order valence-corrected chi connectivity index (χ3v) is 4.69. The van der Waals surface area contributed by atoms with Gasteiger partial charge in [-0.1, -0.05) is 36.4 Å². The van der Waals surface area contributed by atoms with Gasteiger partial charge in [0.25, 0.3) is 5.91 Å². The maximum atomic E-state index is 13.4. The lowest BCUT2D eigenvalue weighted by Crippen LogP contribution is -2.51. The van der Waals surface area contributed by atoms with Crippen molar-refractivity contribution < 1.29 is 9.53 Å². The molecule has 3 rings (SSSR count). The molecule has 0 spiro atoms.